The molecule has 0 bridgehead atoms. The highest BCUT2D eigenvalue weighted by molar-refractivity contribution is 5.30. The van der Waals surface area contributed by atoms with Crippen LogP contribution in [0.4, 0.5) is 8.78 Å². The summed E-state index contributed by atoms with van der Waals surface area (Å²) in [4.78, 5) is 4.21. The standard InChI is InChI=1S/C16H15F2NO/c17-13-5-1-4-12(15(13)18)10-6-7-14(20)16-11(9-10)3-2-8-19-16/h1-5,8,10,14,20H,6-7,9H2/t10-,14-/m1/s1. The van der Waals surface area contributed by atoms with Crippen molar-refractivity contribution < 1.29 is 13.9 Å². The Bertz CT molecular complexity index is 630. The number of aliphatic hydroxyl groups is 1. The zero-order valence-corrected chi connectivity index (χ0v) is 10.9. The van der Waals surface area contributed by atoms with Crippen LogP contribution in [0.2, 0.25) is 0 Å². The van der Waals surface area contributed by atoms with E-state index in [0.717, 1.165) is 11.6 Å². The number of pyridine rings is 1. The predicted molar refractivity (Wildman–Crippen MR) is 71.2 cm³/mol. The van der Waals surface area contributed by atoms with Gasteiger partial charge in [0.1, 0.15) is 0 Å². The Labute approximate surface area is 116 Å². The summed E-state index contributed by atoms with van der Waals surface area (Å²) in [5.74, 6) is -1.73. The van der Waals surface area contributed by atoms with Gasteiger partial charge in [-0.3, -0.25) is 4.98 Å². The van der Waals surface area contributed by atoms with Crippen LogP contribution in [0.1, 0.15) is 41.7 Å². The fourth-order valence-electron chi connectivity index (χ4n) is 2.89. The van der Waals surface area contributed by atoms with Crippen molar-refractivity contribution in [3.05, 3.63) is 65.0 Å². The highest BCUT2D eigenvalue weighted by Gasteiger charge is 2.26. The lowest BCUT2D eigenvalue weighted by Gasteiger charge is -2.16. The summed E-state index contributed by atoms with van der Waals surface area (Å²) in [6.07, 6.45) is 2.70. The van der Waals surface area contributed by atoms with Crippen molar-refractivity contribution in [2.24, 2.45) is 0 Å². The molecule has 0 amide bonds. The number of aromatic nitrogens is 1. The van der Waals surface area contributed by atoms with E-state index < -0.39 is 17.7 Å². The van der Waals surface area contributed by atoms with Crippen molar-refractivity contribution in [3.63, 3.8) is 0 Å². The zero-order chi connectivity index (χ0) is 14.1. The van der Waals surface area contributed by atoms with Crippen LogP contribution in [-0.2, 0) is 6.42 Å². The molecule has 0 radical (unpaired) electrons. The minimum Gasteiger partial charge on any atom is -0.387 e. The Balaban J connectivity index is 1.99. The molecule has 3 rings (SSSR count). The maximum atomic E-state index is 13.9. The largest absolute Gasteiger partial charge is 0.387 e. The maximum absolute atomic E-state index is 13.9. The van der Waals surface area contributed by atoms with E-state index in [4.69, 9.17) is 0 Å². The number of nitrogens with zero attached hydrogens (tertiary/aromatic N) is 1. The Morgan fingerprint density at radius 3 is 2.80 bits per heavy atom. The molecule has 2 atom stereocenters. The Morgan fingerprint density at radius 1 is 1.10 bits per heavy atom. The molecule has 0 spiro atoms. The van der Waals surface area contributed by atoms with Gasteiger partial charge < -0.3 is 5.11 Å². The number of rotatable bonds is 1. The minimum atomic E-state index is -0.821. The third-order valence-corrected chi connectivity index (χ3v) is 3.92. The molecule has 0 saturated carbocycles. The summed E-state index contributed by atoms with van der Waals surface area (Å²) in [7, 11) is 0. The van der Waals surface area contributed by atoms with Crippen LogP contribution in [0.3, 0.4) is 0 Å². The molecule has 2 nitrogen and oxygen atoms in total. The van der Waals surface area contributed by atoms with Crippen LogP contribution >= 0.6 is 0 Å². The van der Waals surface area contributed by atoms with E-state index in [2.05, 4.69) is 4.98 Å². The summed E-state index contributed by atoms with van der Waals surface area (Å²) in [6, 6.07) is 7.97. The van der Waals surface area contributed by atoms with E-state index in [1.807, 2.05) is 6.07 Å². The molecule has 4 heteroatoms. The molecular formula is C16H15F2NO. The smallest absolute Gasteiger partial charge is 0.162 e. The van der Waals surface area contributed by atoms with Gasteiger partial charge in [0.2, 0.25) is 0 Å². The third-order valence-electron chi connectivity index (χ3n) is 3.92. The number of halogens is 2. The molecule has 1 aromatic carbocycles. The first-order valence-corrected chi connectivity index (χ1v) is 6.72. The Hall–Kier alpha value is -1.81. The van der Waals surface area contributed by atoms with Gasteiger partial charge in [-0.2, -0.15) is 0 Å². The van der Waals surface area contributed by atoms with Crippen molar-refractivity contribution in [3.8, 4) is 0 Å². The van der Waals surface area contributed by atoms with E-state index in [1.54, 1.807) is 18.3 Å². The lowest BCUT2D eigenvalue weighted by Crippen LogP contribution is -2.06. The fourth-order valence-corrected chi connectivity index (χ4v) is 2.89. The molecule has 1 aliphatic rings. The van der Waals surface area contributed by atoms with Crippen LogP contribution in [0, 0.1) is 11.6 Å². The molecule has 0 saturated heterocycles. The third kappa shape index (κ3) is 2.31. The molecular weight excluding hydrogens is 260 g/mol. The maximum Gasteiger partial charge on any atom is 0.162 e. The van der Waals surface area contributed by atoms with Crippen molar-refractivity contribution in [1.29, 1.82) is 0 Å². The van der Waals surface area contributed by atoms with Crippen molar-refractivity contribution in [2.75, 3.05) is 0 Å². The van der Waals surface area contributed by atoms with Crippen LogP contribution in [0.5, 0.6) is 0 Å². The normalized spacial score (nSPS) is 22.1. The number of hydrogen-bond acceptors (Lipinski definition) is 2. The summed E-state index contributed by atoms with van der Waals surface area (Å²) in [5, 5.41) is 10.1. The lowest BCUT2D eigenvalue weighted by atomic mass is 9.90. The Kier molecular flexibility index (Phi) is 3.49. The number of benzene rings is 1. The molecule has 0 aliphatic heterocycles. The first kappa shape index (κ1) is 13.2. The van der Waals surface area contributed by atoms with Gasteiger partial charge in [-0.1, -0.05) is 18.2 Å². The van der Waals surface area contributed by atoms with Gasteiger partial charge in [-0.15, -0.1) is 0 Å². The van der Waals surface area contributed by atoms with Crippen LogP contribution in [0.15, 0.2) is 36.5 Å². The topological polar surface area (TPSA) is 33.1 Å². The fraction of sp³-hybridized carbons (Fsp3) is 0.312. The SMILES string of the molecule is O[C@@H]1CC[C@@H](c2cccc(F)c2F)Cc2cccnc21. The molecule has 20 heavy (non-hydrogen) atoms. The second kappa shape index (κ2) is 5.29. The van der Waals surface area contributed by atoms with Crippen LogP contribution < -0.4 is 0 Å². The van der Waals surface area contributed by atoms with Gasteiger partial charge in [0.15, 0.2) is 11.6 Å². The van der Waals surface area contributed by atoms with E-state index in [1.165, 1.54) is 6.07 Å². The van der Waals surface area contributed by atoms with Gasteiger partial charge in [-0.25, -0.2) is 8.78 Å². The second-order valence-electron chi connectivity index (χ2n) is 5.19. The molecule has 2 aromatic rings. The van der Waals surface area contributed by atoms with Gasteiger partial charge in [0.25, 0.3) is 0 Å². The van der Waals surface area contributed by atoms with Gasteiger partial charge in [-0.05, 0) is 48.4 Å². The average Bonchev–Trinajstić information content (AvgIpc) is 2.62. The monoisotopic (exact) mass is 275 g/mol. The lowest BCUT2D eigenvalue weighted by molar-refractivity contribution is 0.160. The first-order valence-electron chi connectivity index (χ1n) is 6.72. The van der Waals surface area contributed by atoms with Crippen molar-refractivity contribution >= 4 is 0 Å². The number of fused-ring (bicyclic) bond motifs is 1. The predicted octanol–water partition coefficient (Wildman–Crippen LogP) is 3.51. The number of aliphatic hydroxyl groups excluding tert-OH is 1. The summed E-state index contributed by atoms with van der Waals surface area (Å²) >= 11 is 0. The van der Waals surface area contributed by atoms with Crippen molar-refractivity contribution in [1.82, 2.24) is 4.98 Å². The van der Waals surface area contributed by atoms with Gasteiger partial charge in [0, 0.05) is 6.20 Å². The Morgan fingerprint density at radius 2 is 1.95 bits per heavy atom. The van der Waals surface area contributed by atoms with Gasteiger partial charge in [0.05, 0.1) is 11.8 Å². The van der Waals surface area contributed by atoms with E-state index in [9.17, 15) is 13.9 Å². The van der Waals surface area contributed by atoms with Crippen LogP contribution in [0.25, 0.3) is 0 Å². The van der Waals surface area contributed by atoms with Crippen LogP contribution in [-0.4, -0.2) is 10.1 Å². The molecule has 1 N–H and O–H groups in total. The molecule has 0 fully saturated rings. The quantitative estimate of drug-likeness (QED) is 0.808. The highest BCUT2D eigenvalue weighted by atomic mass is 19.2. The average molecular weight is 275 g/mol. The summed E-state index contributed by atoms with van der Waals surface area (Å²) < 4.78 is 27.3. The molecule has 104 valence electrons. The van der Waals surface area contributed by atoms with Gasteiger partial charge >= 0.3 is 0 Å². The molecule has 0 unspecified atom stereocenters. The molecule has 1 aromatic heterocycles. The molecule has 1 aliphatic carbocycles. The van der Waals surface area contributed by atoms with E-state index in [-0.39, 0.29) is 5.92 Å². The van der Waals surface area contributed by atoms with Crippen molar-refractivity contribution in [2.45, 2.75) is 31.3 Å². The van der Waals surface area contributed by atoms with E-state index >= 15 is 0 Å². The first-order chi connectivity index (χ1) is 9.66. The number of hydrogen-bond donors (Lipinski definition) is 1. The minimum absolute atomic E-state index is 0.134. The molecule has 1 heterocycles. The highest BCUT2D eigenvalue weighted by Crippen LogP contribution is 2.36. The summed E-state index contributed by atoms with van der Waals surface area (Å²) in [5.41, 5.74) is 1.95. The zero-order valence-electron chi connectivity index (χ0n) is 10.9. The summed E-state index contributed by atoms with van der Waals surface area (Å²) in [6.45, 7) is 0. The van der Waals surface area contributed by atoms with E-state index in [0.29, 0.717) is 30.5 Å². The second-order valence-corrected chi connectivity index (χ2v) is 5.19.